The van der Waals surface area contributed by atoms with E-state index in [1.807, 2.05) is 37.3 Å². The quantitative estimate of drug-likeness (QED) is 0.814. The van der Waals surface area contributed by atoms with Crippen LogP contribution in [0.3, 0.4) is 0 Å². The molecule has 0 aliphatic rings. The standard InChI is InChI=1S/C13H14BNO2/c1-9-3-5-10(6-4-9)13(15-14)11-7-8-12(16-2)17-11/h3-8,13,15H,1-2H3. The highest BCUT2D eigenvalue weighted by Gasteiger charge is 2.15. The van der Waals surface area contributed by atoms with Crippen LogP contribution in [0.5, 0.6) is 5.95 Å². The summed E-state index contributed by atoms with van der Waals surface area (Å²) in [4.78, 5) is 0. The van der Waals surface area contributed by atoms with E-state index < -0.39 is 0 Å². The number of benzene rings is 1. The molecular formula is C13H14BNO2. The molecule has 4 heteroatoms. The smallest absolute Gasteiger partial charge is 0.284 e. The minimum atomic E-state index is -0.167. The zero-order valence-electron chi connectivity index (χ0n) is 9.94. The van der Waals surface area contributed by atoms with Crippen LogP contribution >= 0.6 is 0 Å². The van der Waals surface area contributed by atoms with Crippen molar-refractivity contribution in [3.63, 3.8) is 0 Å². The molecule has 0 saturated carbocycles. The zero-order chi connectivity index (χ0) is 12.3. The highest BCUT2D eigenvalue weighted by molar-refractivity contribution is 6.04. The first-order valence-corrected chi connectivity index (χ1v) is 5.41. The van der Waals surface area contributed by atoms with Gasteiger partial charge in [0.2, 0.25) is 0 Å². The summed E-state index contributed by atoms with van der Waals surface area (Å²) < 4.78 is 10.5. The third kappa shape index (κ3) is 2.53. The molecular weight excluding hydrogens is 213 g/mol. The summed E-state index contributed by atoms with van der Waals surface area (Å²) in [5.41, 5.74) is 2.26. The molecule has 0 saturated heterocycles. The lowest BCUT2D eigenvalue weighted by Crippen LogP contribution is -2.18. The second kappa shape index (κ2) is 5.10. The number of hydrogen-bond donors (Lipinski definition) is 1. The summed E-state index contributed by atoms with van der Waals surface area (Å²) in [6.45, 7) is 2.05. The Bertz CT molecular complexity index is 478. The second-order valence-corrected chi connectivity index (χ2v) is 3.87. The Balaban J connectivity index is 2.29. The predicted octanol–water partition coefficient (Wildman–Crippen LogP) is 2.36. The van der Waals surface area contributed by atoms with Crippen LogP contribution in [0.25, 0.3) is 0 Å². The predicted molar refractivity (Wildman–Crippen MR) is 67.2 cm³/mol. The normalized spacial score (nSPS) is 12.4. The first-order chi connectivity index (χ1) is 8.24. The van der Waals surface area contributed by atoms with Crippen molar-refractivity contribution in [2.24, 2.45) is 0 Å². The lowest BCUT2D eigenvalue weighted by molar-refractivity contribution is 0.290. The van der Waals surface area contributed by atoms with Gasteiger partial charge in [0.15, 0.2) is 7.98 Å². The van der Waals surface area contributed by atoms with Crippen molar-refractivity contribution >= 4 is 7.98 Å². The first-order valence-electron chi connectivity index (χ1n) is 5.41. The van der Waals surface area contributed by atoms with E-state index in [0.717, 1.165) is 11.3 Å². The Kier molecular flexibility index (Phi) is 3.54. The summed E-state index contributed by atoms with van der Waals surface area (Å²) in [5.74, 6) is 1.21. The Morgan fingerprint density at radius 3 is 2.41 bits per heavy atom. The molecule has 1 atom stereocenters. The van der Waals surface area contributed by atoms with Gasteiger partial charge >= 0.3 is 0 Å². The van der Waals surface area contributed by atoms with Crippen molar-refractivity contribution in [2.45, 2.75) is 13.0 Å². The lowest BCUT2D eigenvalue weighted by Gasteiger charge is -2.14. The maximum Gasteiger partial charge on any atom is 0.284 e. The second-order valence-electron chi connectivity index (χ2n) is 3.87. The zero-order valence-corrected chi connectivity index (χ0v) is 9.94. The Hall–Kier alpha value is -1.68. The van der Waals surface area contributed by atoms with Crippen LogP contribution in [0.1, 0.15) is 22.9 Å². The van der Waals surface area contributed by atoms with Crippen LogP contribution in [0.4, 0.5) is 0 Å². The van der Waals surface area contributed by atoms with Gasteiger partial charge in [-0.15, -0.1) is 0 Å². The minimum absolute atomic E-state index is 0.167. The van der Waals surface area contributed by atoms with Gasteiger partial charge in [0.1, 0.15) is 5.76 Å². The van der Waals surface area contributed by atoms with E-state index in [0.29, 0.717) is 5.95 Å². The van der Waals surface area contributed by atoms with Crippen molar-refractivity contribution in [3.8, 4) is 5.95 Å². The maximum absolute atomic E-state index is 5.57. The summed E-state index contributed by atoms with van der Waals surface area (Å²) in [6.07, 6.45) is 0. The van der Waals surface area contributed by atoms with E-state index in [1.165, 1.54) is 5.56 Å². The molecule has 17 heavy (non-hydrogen) atoms. The molecule has 1 unspecified atom stereocenters. The molecule has 86 valence electrons. The number of methoxy groups -OCH3 is 1. The number of rotatable bonds is 4. The molecule has 0 amide bonds. The summed E-state index contributed by atoms with van der Waals surface area (Å²) in [6, 6.07) is 11.6. The number of aryl methyl sites for hydroxylation is 1. The molecule has 1 N–H and O–H groups in total. The fraction of sp³-hybridized carbons (Fsp3) is 0.231. The number of hydrogen-bond acceptors (Lipinski definition) is 3. The number of furan rings is 1. The average molecular weight is 227 g/mol. The summed E-state index contributed by atoms with van der Waals surface area (Å²) in [7, 11) is 7.14. The summed E-state index contributed by atoms with van der Waals surface area (Å²) >= 11 is 0. The number of nitrogens with one attached hydrogen (secondary N) is 1. The van der Waals surface area contributed by atoms with E-state index in [2.05, 4.69) is 5.23 Å². The van der Waals surface area contributed by atoms with Crippen molar-refractivity contribution in [2.75, 3.05) is 7.11 Å². The van der Waals surface area contributed by atoms with Crippen LogP contribution < -0.4 is 9.96 Å². The average Bonchev–Trinajstić information content (AvgIpc) is 2.81. The molecule has 0 aliphatic carbocycles. The van der Waals surface area contributed by atoms with Gasteiger partial charge < -0.3 is 14.4 Å². The molecule has 3 nitrogen and oxygen atoms in total. The molecule has 2 rings (SSSR count). The summed E-state index contributed by atoms with van der Waals surface area (Å²) in [5, 5.41) is 2.74. The largest absolute Gasteiger partial charge is 0.468 e. The van der Waals surface area contributed by atoms with Gasteiger partial charge in [-0.05, 0) is 18.6 Å². The van der Waals surface area contributed by atoms with Crippen LogP contribution in [-0.2, 0) is 0 Å². The molecule has 0 spiro atoms. The molecule has 1 aromatic carbocycles. The van der Waals surface area contributed by atoms with Crippen LogP contribution in [0, 0.1) is 6.92 Å². The molecule has 0 bridgehead atoms. The topological polar surface area (TPSA) is 34.4 Å². The van der Waals surface area contributed by atoms with Gasteiger partial charge in [-0.2, -0.15) is 0 Å². The van der Waals surface area contributed by atoms with Gasteiger partial charge in [0.05, 0.1) is 13.2 Å². The molecule has 2 radical (unpaired) electrons. The lowest BCUT2D eigenvalue weighted by atomic mass is 10.0. The van der Waals surface area contributed by atoms with Gasteiger partial charge in [0.25, 0.3) is 5.95 Å². The van der Waals surface area contributed by atoms with E-state index in [-0.39, 0.29) is 6.04 Å². The van der Waals surface area contributed by atoms with Crippen molar-refractivity contribution in [1.82, 2.24) is 5.23 Å². The highest BCUT2D eigenvalue weighted by Crippen LogP contribution is 2.26. The minimum Gasteiger partial charge on any atom is -0.468 e. The first kappa shape index (κ1) is 11.8. The Morgan fingerprint density at radius 1 is 1.18 bits per heavy atom. The van der Waals surface area contributed by atoms with Gasteiger partial charge in [0, 0.05) is 6.07 Å². The van der Waals surface area contributed by atoms with Crippen molar-refractivity contribution in [1.29, 1.82) is 0 Å². The monoisotopic (exact) mass is 227 g/mol. The molecule has 2 aromatic rings. The number of ether oxygens (including phenoxy) is 1. The third-order valence-electron chi connectivity index (χ3n) is 2.67. The highest BCUT2D eigenvalue weighted by atomic mass is 16.6. The van der Waals surface area contributed by atoms with Crippen LogP contribution in [0.15, 0.2) is 40.8 Å². The van der Waals surface area contributed by atoms with Gasteiger partial charge in [-0.3, -0.25) is 0 Å². The van der Waals surface area contributed by atoms with E-state index in [1.54, 1.807) is 13.2 Å². The Morgan fingerprint density at radius 2 is 1.88 bits per heavy atom. The maximum atomic E-state index is 5.57. The van der Waals surface area contributed by atoms with Crippen molar-refractivity contribution < 1.29 is 9.15 Å². The third-order valence-corrected chi connectivity index (χ3v) is 2.67. The SMILES string of the molecule is [B]NC(c1ccc(C)cc1)c1ccc(OC)o1. The fourth-order valence-corrected chi connectivity index (χ4v) is 1.70. The van der Waals surface area contributed by atoms with Crippen molar-refractivity contribution in [3.05, 3.63) is 53.3 Å². The Labute approximate surface area is 102 Å². The van der Waals surface area contributed by atoms with Crippen LogP contribution in [0.2, 0.25) is 0 Å². The molecule has 1 aromatic heterocycles. The van der Waals surface area contributed by atoms with Gasteiger partial charge in [-0.25, -0.2) is 0 Å². The van der Waals surface area contributed by atoms with Gasteiger partial charge in [-0.1, -0.05) is 29.8 Å². The van der Waals surface area contributed by atoms with E-state index in [9.17, 15) is 0 Å². The molecule has 0 fully saturated rings. The molecule has 0 aliphatic heterocycles. The van der Waals surface area contributed by atoms with Crippen LogP contribution in [-0.4, -0.2) is 15.1 Å². The fourth-order valence-electron chi connectivity index (χ4n) is 1.70. The van der Waals surface area contributed by atoms with E-state index >= 15 is 0 Å². The van der Waals surface area contributed by atoms with E-state index in [4.69, 9.17) is 17.1 Å². The molecule has 1 heterocycles.